The van der Waals surface area contributed by atoms with Crippen LogP contribution in [0.1, 0.15) is 18.4 Å². The third-order valence-electron chi connectivity index (χ3n) is 3.92. The van der Waals surface area contributed by atoms with Crippen LogP contribution < -0.4 is 0 Å². The molecule has 0 unspecified atom stereocenters. The molecule has 2 heterocycles. The van der Waals surface area contributed by atoms with E-state index < -0.39 is 10.0 Å². The Morgan fingerprint density at radius 3 is 2.50 bits per heavy atom. The first-order valence-corrected chi connectivity index (χ1v) is 8.64. The highest BCUT2D eigenvalue weighted by Gasteiger charge is 2.27. The van der Waals surface area contributed by atoms with E-state index in [4.69, 9.17) is 0 Å². The number of hydrogen-bond donors (Lipinski definition) is 0. The van der Waals surface area contributed by atoms with E-state index in [9.17, 15) is 12.8 Å². The summed E-state index contributed by atoms with van der Waals surface area (Å²) in [5.41, 5.74) is 1.77. The summed E-state index contributed by atoms with van der Waals surface area (Å²) in [5, 5.41) is 0. The highest BCUT2D eigenvalue weighted by atomic mass is 32.2. The molecule has 0 N–H and O–H groups in total. The number of sulfonamides is 1. The molecule has 0 atom stereocenters. The predicted octanol–water partition coefficient (Wildman–Crippen LogP) is 2.98. The molecule has 1 saturated heterocycles. The molecule has 0 saturated carbocycles. The van der Waals surface area contributed by atoms with Crippen molar-refractivity contribution in [2.75, 3.05) is 13.1 Å². The van der Waals surface area contributed by atoms with E-state index >= 15 is 0 Å². The fourth-order valence-electron chi connectivity index (χ4n) is 2.57. The second kappa shape index (κ2) is 5.78. The van der Waals surface area contributed by atoms with Gasteiger partial charge >= 0.3 is 0 Å². The van der Waals surface area contributed by atoms with Crippen LogP contribution in [0.15, 0.2) is 41.6 Å². The van der Waals surface area contributed by atoms with Gasteiger partial charge in [0.15, 0.2) is 0 Å². The van der Waals surface area contributed by atoms with Gasteiger partial charge in [0.1, 0.15) is 10.7 Å². The summed E-state index contributed by atoms with van der Waals surface area (Å²) in [6, 6.07) is 6.40. The zero-order valence-corrected chi connectivity index (χ0v) is 13.1. The second-order valence-electron chi connectivity index (χ2n) is 5.48. The molecular weight excluding hydrogens is 303 g/mol. The number of nitrogens with zero attached hydrogens (tertiary/aromatic N) is 2. The third-order valence-corrected chi connectivity index (χ3v) is 5.79. The highest BCUT2D eigenvalue weighted by Crippen LogP contribution is 2.26. The average Bonchev–Trinajstić information content (AvgIpc) is 3.05. The minimum Gasteiger partial charge on any atom is -0.263 e. The molecule has 0 bridgehead atoms. The molecule has 1 aromatic carbocycles. The van der Waals surface area contributed by atoms with Gasteiger partial charge in [0.2, 0.25) is 10.0 Å². The van der Waals surface area contributed by atoms with E-state index in [-0.39, 0.29) is 10.7 Å². The number of hydrogen-bond acceptors (Lipinski definition) is 3. The van der Waals surface area contributed by atoms with Crippen LogP contribution in [0.5, 0.6) is 0 Å². The minimum absolute atomic E-state index is 0.160. The van der Waals surface area contributed by atoms with Crippen LogP contribution in [-0.4, -0.2) is 30.8 Å². The Hall–Kier alpha value is -1.79. The van der Waals surface area contributed by atoms with E-state index in [1.807, 2.05) is 0 Å². The Morgan fingerprint density at radius 2 is 1.82 bits per heavy atom. The molecule has 0 radical (unpaired) electrons. The van der Waals surface area contributed by atoms with Crippen molar-refractivity contribution in [1.82, 2.24) is 9.29 Å². The first-order valence-electron chi connectivity index (χ1n) is 7.20. The third kappa shape index (κ3) is 2.76. The zero-order chi connectivity index (χ0) is 15.7. The Labute approximate surface area is 129 Å². The van der Waals surface area contributed by atoms with Gasteiger partial charge in [-0.1, -0.05) is 12.1 Å². The normalized spacial score (nSPS) is 16.1. The van der Waals surface area contributed by atoms with Gasteiger partial charge in [0.05, 0.1) is 0 Å². The molecule has 22 heavy (non-hydrogen) atoms. The molecular formula is C16H17FN2O2S. The molecule has 1 aromatic heterocycles. The quantitative estimate of drug-likeness (QED) is 0.873. The standard InChI is InChI=1S/C16H17FN2O2S/c1-12-4-5-13(9-16(12)17)14-8-15(11-18-10-14)22(20,21)19-6-2-3-7-19/h4-5,8-11H,2-3,6-7H2,1H3. The summed E-state index contributed by atoms with van der Waals surface area (Å²) in [4.78, 5) is 4.18. The number of benzene rings is 1. The van der Waals surface area contributed by atoms with Crippen LogP contribution in [0, 0.1) is 12.7 Å². The van der Waals surface area contributed by atoms with E-state index in [1.54, 1.807) is 31.3 Å². The van der Waals surface area contributed by atoms with Crippen molar-refractivity contribution in [1.29, 1.82) is 0 Å². The Bertz CT molecular complexity index is 800. The van der Waals surface area contributed by atoms with Gasteiger partial charge in [0.25, 0.3) is 0 Å². The fourth-order valence-corrected chi connectivity index (χ4v) is 4.07. The van der Waals surface area contributed by atoms with Gasteiger partial charge in [-0.3, -0.25) is 4.98 Å². The van der Waals surface area contributed by atoms with Crippen LogP contribution in [0.3, 0.4) is 0 Å². The maximum Gasteiger partial charge on any atom is 0.244 e. The van der Waals surface area contributed by atoms with E-state index in [2.05, 4.69) is 4.98 Å². The lowest BCUT2D eigenvalue weighted by Gasteiger charge is -2.15. The Kier molecular flexibility index (Phi) is 3.97. The zero-order valence-electron chi connectivity index (χ0n) is 12.3. The van der Waals surface area contributed by atoms with Gasteiger partial charge in [-0.05, 0) is 43.0 Å². The van der Waals surface area contributed by atoms with Crippen molar-refractivity contribution in [3.05, 3.63) is 48.0 Å². The van der Waals surface area contributed by atoms with Crippen molar-refractivity contribution in [2.45, 2.75) is 24.7 Å². The fraction of sp³-hybridized carbons (Fsp3) is 0.312. The summed E-state index contributed by atoms with van der Waals surface area (Å²) in [5.74, 6) is -0.315. The molecule has 0 amide bonds. The highest BCUT2D eigenvalue weighted by molar-refractivity contribution is 7.89. The van der Waals surface area contributed by atoms with Crippen LogP contribution in [0.4, 0.5) is 4.39 Å². The molecule has 1 fully saturated rings. The van der Waals surface area contributed by atoms with Crippen LogP contribution in [0.25, 0.3) is 11.1 Å². The Balaban J connectivity index is 2.00. The van der Waals surface area contributed by atoms with E-state index in [0.717, 1.165) is 12.8 Å². The van der Waals surface area contributed by atoms with Gasteiger partial charge < -0.3 is 0 Å². The van der Waals surface area contributed by atoms with Gasteiger partial charge in [-0.25, -0.2) is 12.8 Å². The molecule has 116 valence electrons. The van der Waals surface area contributed by atoms with Gasteiger partial charge in [-0.2, -0.15) is 4.31 Å². The van der Waals surface area contributed by atoms with E-state index in [0.29, 0.717) is 29.8 Å². The average molecular weight is 320 g/mol. The second-order valence-corrected chi connectivity index (χ2v) is 7.42. The van der Waals surface area contributed by atoms with E-state index in [1.165, 1.54) is 16.6 Å². The van der Waals surface area contributed by atoms with Crippen molar-refractivity contribution in [2.24, 2.45) is 0 Å². The first kappa shape index (κ1) is 15.1. The topological polar surface area (TPSA) is 50.3 Å². The molecule has 1 aliphatic rings. The van der Waals surface area contributed by atoms with Crippen molar-refractivity contribution >= 4 is 10.0 Å². The molecule has 3 rings (SSSR count). The Morgan fingerprint density at radius 1 is 1.09 bits per heavy atom. The van der Waals surface area contributed by atoms with Gasteiger partial charge in [0, 0.05) is 31.0 Å². The smallest absolute Gasteiger partial charge is 0.244 e. The molecule has 4 nitrogen and oxygen atoms in total. The summed E-state index contributed by atoms with van der Waals surface area (Å²) in [6.07, 6.45) is 4.67. The summed E-state index contributed by atoms with van der Waals surface area (Å²) >= 11 is 0. The number of aryl methyl sites for hydroxylation is 1. The SMILES string of the molecule is Cc1ccc(-c2cncc(S(=O)(=O)N3CCCC3)c2)cc1F. The van der Waals surface area contributed by atoms with Gasteiger partial charge in [-0.15, -0.1) is 0 Å². The van der Waals surface area contributed by atoms with Crippen LogP contribution >= 0.6 is 0 Å². The van der Waals surface area contributed by atoms with Crippen molar-refractivity contribution < 1.29 is 12.8 Å². The summed E-state index contributed by atoms with van der Waals surface area (Å²) in [7, 11) is -3.51. The molecule has 0 aliphatic carbocycles. The summed E-state index contributed by atoms with van der Waals surface area (Å²) < 4.78 is 40.3. The lowest BCUT2D eigenvalue weighted by molar-refractivity contribution is 0.477. The lowest BCUT2D eigenvalue weighted by Crippen LogP contribution is -2.27. The number of rotatable bonds is 3. The van der Waals surface area contributed by atoms with Crippen LogP contribution in [-0.2, 0) is 10.0 Å². The lowest BCUT2D eigenvalue weighted by atomic mass is 10.1. The van der Waals surface area contributed by atoms with Crippen molar-refractivity contribution in [3.63, 3.8) is 0 Å². The molecule has 6 heteroatoms. The summed E-state index contributed by atoms with van der Waals surface area (Å²) in [6.45, 7) is 2.78. The first-order chi connectivity index (χ1) is 10.5. The number of halogens is 1. The minimum atomic E-state index is -3.51. The van der Waals surface area contributed by atoms with Crippen molar-refractivity contribution in [3.8, 4) is 11.1 Å². The monoisotopic (exact) mass is 320 g/mol. The number of aromatic nitrogens is 1. The maximum absolute atomic E-state index is 13.7. The maximum atomic E-state index is 13.7. The molecule has 0 spiro atoms. The number of pyridine rings is 1. The largest absolute Gasteiger partial charge is 0.263 e. The molecule has 2 aromatic rings. The molecule has 1 aliphatic heterocycles. The van der Waals surface area contributed by atoms with Crippen LogP contribution in [0.2, 0.25) is 0 Å². The predicted molar refractivity (Wildman–Crippen MR) is 82.4 cm³/mol.